The predicted octanol–water partition coefficient (Wildman–Crippen LogP) is 5.15. The van der Waals surface area contributed by atoms with Gasteiger partial charge in [-0.15, -0.1) is 11.3 Å². The van der Waals surface area contributed by atoms with Gasteiger partial charge >= 0.3 is 6.09 Å². The Morgan fingerprint density at radius 3 is 2.42 bits per heavy atom. The van der Waals surface area contributed by atoms with Gasteiger partial charge in [0.15, 0.2) is 0 Å². The molecule has 0 aliphatic heterocycles. The number of methoxy groups -OCH3 is 1. The van der Waals surface area contributed by atoms with E-state index in [1.807, 2.05) is 42.5 Å². The minimum Gasteiger partial charge on any atom is -0.497 e. The van der Waals surface area contributed by atoms with E-state index >= 15 is 0 Å². The number of benzene rings is 2. The molecule has 0 aliphatic carbocycles. The Bertz CT molecular complexity index is 889. The third-order valence-corrected chi connectivity index (χ3v) is 4.76. The number of thiophene rings is 1. The van der Waals surface area contributed by atoms with Crippen molar-refractivity contribution in [3.63, 3.8) is 0 Å². The van der Waals surface area contributed by atoms with Crippen LogP contribution in [0.4, 0.5) is 10.5 Å². The summed E-state index contributed by atoms with van der Waals surface area (Å²) < 4.78 is 5.07. The van der Waals surface area contributed by atoms with Gasteiger partial charge in [-0.3, -0.25) is 5.32 Å². The van der Waals surface area contributed by atoms with Gasteiger partial charge in [0.1, 0.15) is 5.75 Å². The second-order valence-corrected chi connectivity index (χ2v) is 6.44. The van der Waals surface area contributed by atoms with E-state index < -0.39 is 6.09 Å². The van der Waals surface area contributed by atoms with Crippen LogP contribution in [0, 0.1) is 0 Å². The van der Waals surface area contributed by atoms with Gasteiger partial charge in [0, 0.05) is 10.6 Å². The molecule has 0 bridgehead atoms. The quantitative estimate of drug-likeness (QED) is 0.593. The van der Waals surface area contributed by atoms with Gasteiger partial charge in [-0.1, -0.05) is 36.9 Å². The summed E-state index contributed by atoms with van der Waals surface area (Å²) in [7, 11) is 1.58. The highest BCUT2D eigenvalue weighted by Gasteiger charge is 2.08. The molecule has 0 aliphatic rings. The number of carbonyl (C=O) groups is 1. The van der Waals surface area contributed by atoms with E-state index in [-0.39, 0.29) is 0 Å². The number of rotatable bonds is 6. The molecular formula is C20H18N2O3S. The molecule has 0 unspecified atom stereocenters. The van der Waals surface area contributed by atoms with Gasteiger partial charge in [-0.25, -0.2) is 10.3 Å². The minimum atomic E-state index is -0.629. The predicted molar refractivity (Wildman–Crippen MR) is 105 cm³/mol. The fraction of sp³-hybridized carbons (Fsp3) is 0.0500. The van der Waals surface area contributed by atoms with Gasteiger partial charge in [0.2, 0.25) is 0 Å². The molecule has 1 amide bonds. The first kappa shape index (κ1) is 17.6. The van der Waals surface area contributed by atoms with Crippen LogP contribution < -0.4 is 15.5 Å². The maximum Gasteiger partial charge on any atom is 0.435 e. The third kappa shape index (κ3) is 4.43. The molecule has 0 saturated heterocycles. The first-order valence-corrected chi connectivity index (χ1v) is 8.70. The topological polar surface area (TPSA) is 59.6 Å². The van der Waals surface area contributed by atoms with Crippen LogP contribution in [0.1, 0.15) is 4.88 Å². The molecule has 0 saturated carbocycles. The van der Waals surface area contributed by atoms with Crippen molar-refractivity contribution in [3.8, 4) is 16.2 Å². The highest BCUT2D eigenvalue weighted by atomic mass is 32.1. The number of amides is 1. The molecule has 3 rings (SSSR count). The lowest BCUT2D eigenvalue weighted by Gasteiger charge is -2.09. The van der Waals surface area contributed by atoms with Crippen molar-refractivity contribution in [3.05, 3.63) is 78.2 Å². The number of ether oxygens (including phenoxy) is 1. The Morgan fingerprint density at radius 2 is 1.73 bits per heavy atom. The van der Waals surface area contributed by atoms with Crippen molar-refractivity contribution in [1.29, 1.82) is 0 Å². The maximum atomic E-state index is 11.9. The number of hydrogen-bond donors (Lipinski definition) is 2. The Hall–Kier alpha value is -3.25. The van der Waals surface area contributed by atoms with Crippen LogP contribution in [-0.2, 0) is 4.84 Å². The Morgan fingerprint density at radius 1 is 1.00 bits per heavy atom. The van der Waals surface area contributed by atoms with E-state index in [0.29, 0.717) is 17.1 Å². The van der Waals surface area contributed by atoms with Crippen molar-refractivity contribution in [2.45, 2.75) is 0 Å². The normalized spacial score (nSPS) is 10.0. The van der Waals surface area contributed by atoms with E-state index in [1.165, 1.54) is 0 Å². The van der Waals surface area contributed by atoms with Crippen LogP contribution >= 0.6 is 11.3 Å². The van der Waals surface area contributed by atoms with Crippen molar-refractivity contribution < 1.29 is 14.4 Å². The molecule has 1 heterocycles. The molecule has 0 spiro atoms. The zero-order valence-electron chi connectivity index (χ0n) is 14.2. The molecule has 2 N–H and O–H groups in total. The summed E-state index contributed by atoms with van der Waals surface area (Å²) in [6, 6.07) is 21.0. The van der Waals surface area contributed by atoms with Crippen molar-refractivity contribution in [2.24, 2.45) is 0 Å². The summed E-state index contributed by atoms with van der Waals surface area (Å²) in [6.45, 7) is 3.91. The molecule has 6 heteroatoms. The summed E-state index contributed by atoms with van der Waals surface area (Å²) in [6.07, 6.45) is -0.629. The lowest BCUT2D eigenvalue weighted by molar-refractivity contribution is 0.131. The van der Waals surface area contributed by atoms with Crippen LogP contribution in [-0.4, -0.2) is 13.2 Å². The number of carbonyl (C=O) groups excluding carboxylic acids is 1. The fourth-order valence-electron chi connectivity index (χ4n) is 2.23. The molecule has 0 fully saturated rings. The highest BCUT2D eigenvalue weighted by Crippen LogP contribution is 2.30. The van der Waals surface area contributed by atoms with E-state index in [0.717, 1.165) is 15.3 Å². The van der Waals surface area contributed by atoms with Crippen LogP contribution in [0.3, 0.4) is 0 Å². The SMILES string of the molecule is C=C(NOC(=O)Nc1ccc(OC)cc1)c1ccc(-c2ccccc2)s1. The fourth-order valence-corrected chi connectivity index (χ4v) is 3.16. The second kappa shape index (κ2) is 8.22. The molecule has 132 valence electrons. The van der Waals surface area contributed by atoms with Crippen LogP contribution in [0.5, 0.6) is 5.75 Å². The third-order valence-electron chi connectivity index (χ3n) is 3.57. The molecule has 0 atom stereocenters. The number of hydroxylamine groups is 1. The van der Waals surface area contributed by atoms with E-state index in [2.05, 4.69) is 17.4 Å². The first-order chi connectivity index (χ1) is 12.7. The van der Waals surface area contributed by atoms with Crippen molar-refractivity contribution >= 4 is 28.8 Å². The summed E-state index contributed by atoms with van der Waals surface area (Å²) >= 11 is 1.57. The van der Waals surface area contributed by atoms with E-state index in [4.69, 9.17) is 9.57 Å². The average molecular weight is 366 g/mol. The molecule has 5 nitrogen and oxygen atoms in total. The van der Waals surface area contributed by atoms with Gasteiger partial charge in [0.25, 0.3) is 0 Å². The monoisotopic (exact) mass is 366 g/mol. The zero-order valence-corrected chi connectivity index (χ0v) is 15.0. The number of hydrogen-bond acceptors (Lipinski definition) is 5. The largest absolute Gasteiger partial charge is 0.497 e. The summed E-state index contributed by atoms with van der Waals surface area (Å²) in [5.74, 6) is 0.710. The highest BCUT2D eigenvalue weighted by molar-refractivity contribution is 7.16. The molecule has 2 aromatic carbocycles. The summed E-state index contributed by atoms with van der Waals surface area (Å²) in [4.78, 5) is 18.9. The average Bonchev–Trinajstić information content (AvgIpc) is 3.18. The lowest BCUT2D eigenvalue weighted by Crippen LogP contribution is -2.22. The molecule has 3 aromatic rings. The van der Waals surface area contributed by atoms with Crippen LogP contribution in [0.15, 0.2) is 73.3 Å². The van der Waals surface area contributed by atoms with Gasteiger partial charge in [0.05, 0.1) is 17.7 Å². The molecule has 26 heavy (non-hydrogen) atoms. The van der Waals surface area contributed by atoms with E-state index in [9.17, 15) is 4.79 Å². The molecule has 0 radical (unpaired) electrons. The lowest BCUT2D eigenvalue weighted by atomic mass is 10.2. The second-order valence-electron chi connectivity index (χ2n) is 5.35. The summed E-state index contributed by atoms with van der Waals surface area (Å²) in [5.41, 5.74) is 4.84. The smallest absolute Gasteiger partial charge is 0.435 e. The Kier molecular flexibility index (Phi) is 5.56. The van der Waals surface area contributed by atoms with E-state index in [1.54, 1.807) is 42.7 Å². The van der Waals surface area contributed by atoms with Gasteiger partial charge in [-0.05, 0) is 42.0 Å². The zero-order chi connectivity index (χ0) is 18.4. The minimum absolute atomic E-state index is 0.516. The Balaban J connectivity index is 1.53. The number of nitrogens with one attached hydrogen (secondary N) is 2. The summed E-state index contributed by atoms with van der Waals surface area (Å²) in [5, 5.41) is 2.61. The van der Waals surface area contributed by atoms with Crippen LogP contribution in [0.25, 0.3) is 16.1 Å². The number of anilines is 1. The molecule has 1 aromatic heterocycles. The van der Waals surface area contributed by atoms with Crippen molar-refractivity contribution in [2.75, 3.05) is 12.4 Å². The standard InChI is InChI=1S/C20H18N2O3S/c1-14(18-12-13-19(26-18)15-6-4-3-5-7-15)22-25-20(23)21-16-8-10-17(24-2)11-9-16/h3-13,22H,1H2,2H3,(H,21,23). The van der Waals surface area contributed by atoms with Crippen molar-refractivity contribution in [1.82, 2.24) is 5.48 Å². The van der Waals surface area contributed by atoms with Gasteiger partial charge < -0.3 is 9.57 Å². The maximum absolute atomic E-state index is 11.9. The first-order valence-electron chi connectivity index (χ1n) is 7.88. The molecular weight excluding hydrogens is 348 g/mol. The Labute approximate surface area is 155 Å². The van der Waals surface area contributed by atoms with Crippen LogP contribution in [0.2, 0.25) is 0 Å². The van der Waals surface area contributed by atoms with Gasteiger partial charge in [-0.2, -0.15) is 0 Å².